The van der Waals surface area contributed by atoms with Crippen LogP contribution in [-0.4, -0.2) is 16.0 Å². The number of amides is 1. The molecule has 0 saturated heterocycles. The molecule has 3 N–H and O–H groups in total. The van der Waals surface area contributed by atoms with Crippen molar-refractivity contribution >= 4 is 17.5 Å². The van der Waals surface area contributed by atoms with Crippen LogP contribution in [0, 0.1) is 6.92 Å². The first-order valence-corrected chi connectivity index (χ1v) is 4.62. The fourth-order valence-corrected chi connectivity index (χ4v) is 1.20. The summed E-state index contributed by atoms with van der Waals surface area (Å²) in [6.45, 7) is 1.76. The van der Waals surface area contributed by atoms with Gasteiger partial charge in [-0.25, -0.2) is 4.98 Å². The molecule has 0 spiro atoms. The number of nitrogens with one attached hydrogen (secondary N) is 1. The van der Waals surface area contributed by atoms with Gasteiger partial charge in [0.1, 0.15) is 0 Å². The lowest BCUT2D eigenvalue weighted by Gasteiger charge is -2.02. The monoisotopic (exact) mass is 218 g/mol. The van der Waals surface area contributed by atoms with E-state index in [4.69, 9.17) is 10.3 Å². The van der Waals surface area contributed by atoms with E-state index in [-0.39, 0.29) is 11.6 Å². The molecule has 0 aliphatic heterocycles. The number of pyridine rings is 1. The van der Waals surface area contributed by atoms with Crippen LogP contribution < -0.4 is 11.1 Å². The summed E-state index contributed by atoms with van der Waals surface area (Å²) in [6.07, 6.45) is 1.50. The van der Waals surface area contributed by atoms with Gasteiger partial charge < -0.3 is 10.3 Å². The standard InChI is InChI=1S/C10H10N4O2/c1-6-5-8(16-14-6)13-10(15)9-7(11)3-2-4-12-9/h2-5H,11H2,1H3,(H,13,15). The molecule has 1 amide bonds. The minimum Gasteiger partial charge on any atom is -0.397 e. The number of rotatable bonds is 2. The highest BCUT2D eigenvalue weighted by molar-refractivity contribution is 6.05. The number of anilines is 2. The van der Waals surface area contributed by atoms with Crippen molar-refractivity contribution in [3.8, 4) is 0 Å². The molecule has 2 rings (SSSR count). The van der Waals surface area contributed by atoms with Crippen molar-refractivity contribution in [2.24, 2.45) is 0 Å². The van der Waals surface area contributed by atoms with Gasteiger partial charge in [-0.1, -0.05) is 5.16 Å². The lowest BCUT2D eigenvalue weighted by Crippen LogP contribution is -2.15. The van der Waals surface area contributed by atoms with Gasteiger partial charge in [-0.2, -0.15) is 0 Å². The van der Waals surface area contributed by atoms with Gasteiger partial charge in [-0.15, -0.1) is 0 Å². The second-order valence-electron chi connectivity index (χ2n) is 3.23. The van der Waals surface area contributed by atoms with E-state index in [0.717, 1.165) is 0 Å². The van der Waals surface area contributed by atoms with E-state index in [1.165, 1.54) is 6.20 Å². The molecule has 0 aliphatic rings. The van der Waals surface area contributed by atoms with Crippen molar-refractivity contribution in [3.63, 3.8) is 0 Å². The Morgan fingerprint density at radius 2 is 2.38 bits per heavy atom. The minimum atomic E-state index is -0.422. The van der Waals surface area contributed by atoms with E-state index in [2.05, 4.69) is 15.5 Å². The van der Waals surface area contributed by atoms with Crippen molar-refractivity contribution < 1.29 is 9.32 Å². The number of nitrogens with zero attached hydrogens (tertiary/aromatic N) is 2. The maximum absolute atomic E-state index is 11.7. The summed E-state index contributed by atoms with van der Waals surface area (Å²) < 4.78 is 4.85. The molecule has 2 aromatic rings. The molecule has 0 fully saturated rings. The fourth-order valence-electron chi connectivity index (χ4n) is 1.20. The quantitative estimate of drug-likeness (QED) is 0.790. The third kappa shape index (κ3) is 2.00. The first-order chi connectivity index (χ1) is 7.66. The molecule has 2 aromatic heterocycles. The minimum absolute atomic E-state index is 0.163. The zero-order chi connectivity index (χ0) is 11.5. The topological polar surface area (TPSA) is 94.0 Å². The highest BCUT2D eigenvalue weighted by Crippen LogP contribution is 2.12. The molecule has 0 radical (unpaired) electrons. The number of aryl methyl sites for hydroxylation is 1. The van der Waals surface area contributed by atoms with E-state index in [0.29, 0.717) is 11.4 Å². The molecule has 2 heterocycles. The smallest absolute Gasteiger partial charge is 0.278 e. The molecule has 0 unspecified atom stereocenters. The Morgan fingerprint density at radius 3 is 3.00 bits per heavy atom. The van der Waals surface area contributed by atoms with Crippen molar-refractivity contribution in [1.82, 2.24) is 10.1 Å². The van der Waals surface area contributed by atoms with Crippen LogP contribution in [0.4, 0.5) is 11.6 Å². The van der Waals surface area contributed by atoms with E-state index in [1.54, 1.807) is 25.1 Å². The lowest BCUT2D eigenvalue weighted by atomic mass is 10.3. The van der Waals surface area contributed by atoms with Gasteiger partial charge in [0.05, 0.1) is 11.4 Å². The maximum atomic E-state index is 11.7. The maximum Gasteiger partial charge on any atom is 0.278 e. The Balaban J connectivity index is 2.18. The summed E-state index contributed by atoms with van der Waals surface area (Å²) >= 11 is 0. The Bertz CT molecular complexity index is 521. The van der Waals surface area contributed by atoms with Gasteiger partial charge in [0.2, 0.25) is 5.88 Å². The van der Waals surface area contributed by atoms with Gasteiger partial charge in [0.15, 0.2) is 5.69 Å². The number of aromatic nitrogens is 2. The highest BCUT2D eigenvalue weighted by Gasteiger charge is 2.12. The normalized spacial score (nSPS) is 10.1. The second kappa shape index (κ2) is 4.01. The van der Waals surface area contributed by atoms with Crippen LogP contribution in [-0.2, 0) is 0 Å². The summed E-state index contributed by atoms with van der Waals surface area (Å²) in [5.41, 5.74) is 6.77. The molecule has 0 bridgehead atoms. The van der Waals surface area contributed by atoms with E-state index < -0.39 is 5.91 Å². The summed E-state index contributed by atoms with van der Waals surface area (Å²) in [5, 5.41) is 6.15. The predicted octanol–water partition coefficient (Wildman–Crippen LogP) is 1.21. The third-order valence-electron chi connectivity index (χ3n) is 1.92. The molecule has 6 nitrogen and oxygen atoms in total. The molecular formula is C10H10N4O2. The number of nitrogen functional groups attached to an aromatic ring is 1. The van der Waals surface area contributed by atoms with Gasteiger partial charge >= 0.3 is 0 Å². The molecular weight excluding hydrogens is 208 g/mol. The van der Waals surface area contributed by atoms with Crippen LogP contribution in [0.1, 0.15) is 16.2 Å². The van der Waals surface area contributed by atoms with Crippen LogP contribution in [0.3, 0.4) is 0 Å². The summed E-state index contributed by atoms with van der Waals surface area (Å²) in [7, 11) is 0. The average molecular weight is 218 g/mol. The van der Waals surface area contributed by atoms with Crippen LogP contribution in [0.15, 0.2) is 28.9 Å². The SMILES string of the molecule is Cc1cc(NC(=O)c2ncccc2N)on1. The van der Waals surface area contributed by atoms with Gasteiger partial charge in [0.25, 0.3) is 5.91 Å². The lowest BCUT2D eigenvalue weighted by molar-refractivity contribution is 0.102. The second-order valence-corrected chi connectivity index (χ2v) is 3.23. The molecule has 0 aliphatic carbocycles. The molecule has 0 atom stereocenters. The summed E-state index contributed by atoms with van der Waals surface area (Å²) in [5.74, 6) is -0.151. The summed E-state index contributed by atoms with van der Waals surface area (Å²) in [6, 6.07) is 4.87. The number of carbonyl (C=O) groups is 1. The predicted molar refractivity (Wildman–Crippen MR) is 57.8 cm³/mol. The van der Waals surface area contributed by atoms with Gasteiger partial charge in [-0.3, -0.25) is 10.1 Å². The molecule has 0 aromatic carbocycles. The van der Waals surface area contributed by atoms with Crippen LogP contribution in [0.5, 0.6) is 0 Å². The van der Waals surface area contributed by atoms with Crippen molar-refractivity contribution in [2.75, 3.05) is 11.1 Å². The first-order valence-electron chi connectivity index (χ1n) is 4.62. The van der Waals surface area contributed by atoms with Crippen molar-refractivity contribution in [3.05, 3.63) is 35.8 Å². The number of hydrogen-bond donors (Lipinski definition) is 2. The van der Waals surface area contributed by atoms with E-state index >= 15 is 0 Å². The van der Waals surface area contributed by atoms with E-state index in [1.807, 2.05) is 0 Å². The van der Waals surface area contributed by atoms with E-state index in [9.17, 15) is 4.79 Å². The Hall–Kier alpha value is -2.37. The molecule has 16 heavy (non-hydrogen) atoms. The zero-order valence-corrected chi connectivity index (χ0v) is 8.60. The molecule has 0 saturated carbocycles. The Labute approximate surface area is 91.5 Å². The fraction of sp³-hybridized carbons (Fsp3) is 0.100. The largest absolute Gasteiger partial charge is 0.397 e. The average Bonchev–Trinajstić information content (AvgIpc) is 2.64. The zero-order valence-electron chi connectivity index (χ0n) is 8.60. The number of nitrogens with two attached hydrogens (primary N) is 1. The Kier molecular flexibility index (Phi) is 2.55. The molecule has 6 heteroatoms. The molecule has 82 valence electrons. The van der Waals surface area contributed by atoms with Gasteiger partial charge in [0, 0.05) is 12.3 Å². The highest BCUT2D eigenvalue weighted by atomic mass is 16.5. The summed E-state index contributed by atoms with van der Waals surface area (Å²) in [4.78, 5) is 15.6. The number of carbonyl (C=O) groups excluding carboxylic acids is 1. The van der Waals surface area contributed by atoms with Gasteiger partial charge in [-0.05, 0) is 19.1 Å². The number of hydrogen-bond acceptors (Lipinski definition) is 5. The Morgan fingerprint density at radius 1 is 1.56 bits per heavy atom. The van der Waals surface area contributed by atoms with Crippen LogP contribution in [0.25, 0.3) is 0 Å². The van der Waals surface area contributed by atoms with Crippen LogP contribution in [0.2, 0.25) is 0 Å². The van der Waals surface area contributed by atoms with Crippen LogP contribution >= 0.6 is 0 Å². The first kappa shape index (κ1) is 10.2. The van der Waals surface area contributed by atoms with Crippen molar-refractivity contribution in [2.45, 2.75) is 6.92 Å². The third-order valence-corrected chi connectivity index (χ3v) is 1.92. The van der Waals surface area contributed by atoms with Crippen molar-refractivity contribution in [1.29, 1.82) is 0 Å².